The standard InChI is InChI=1S/C25H24N2O6/c1-33-21-12-4-17(5-13-21)15-23(29)26-19-8-6-18(7-9-19)24(30)27-22(25(31)32)14-16-2-10-20(28)11-3-16/h2-13,22,28H,14-15H2,1H3,(H,26,29)(H,27,30)(H,31,32). The maximum absolute atomic E-state index is 12.5. The predicted octanol–water partition coefficient (Wildman–Crippen LogP) is 3.01. The van der Waals surface area contributed by atoms with Crippen molar-refractivity contribution in [1.82, 2.24) is 5.32 Å². The molecular formula is C25H24N2O6. The quantitative estimate of drug-likeness (QED) is 0.399. The van der Waals surface area contributed by atoms with Crippen molar-refractivity contribution in [2.24, 2.45) is 0 Å². The minimum absolute atomic E-state index is 0.0703. The number of rotatable bonds is 9. The van der Waals surface area contributed by atoms with Gasteiger partial charge in [0.2, 0.25) is 5.91 Å². The highest BCUT2D eigenvalue weighted by molar-refractivity contribution is 5.98. The Morgan fingerprint density at radius 3 is 2.06 bits per heavy atom. The molecule has 0 saturated heterocycles. The number of ether oxygens (including phenoxy) is 1. The molecule has 1 atom stereocenters. The molecule has 0 fully saturated rings. The zero-order valence-electron chi connectivity index (χ0n) is 17.9. The number of carboxylic acids is 1. The second-order valence-corrected chi connectivity index (χ2v) is 7.39. The lowest BCUT2D eigenvalue weighted by molar-refractivity contribution is -0.139. The fourth-order valence-corrected chi connectivity index (χ4v) is 3.15. The number of aromatic hydroxyl groups is 1. The van der Waals surface area contributed by atoms with Crippen molar-refractivity contribution >= 4 is 23.5 Å². The van der Waals surface area contributed by atoms with Crippen LogP contribution in [0.1, 0.15) is 21.5 Å². The minimum atomic E-state index is -1.17. The second kappa shape index (κ2) is 10.8. The number of amides is 2. The first-order chi connectivity index (χ1) is 15.8. The number of hydrogen-bond donors (Lipinski definition) is 4. The van der Waals surface area contributed by atoms with E-state index in [-0.39, 0.29) is 30.1 Å². The topological polar surface area (TPSA) is 125 Å². The van der Waals surface area contributed by atoms with E-state index in [1.54, 1.807) is 43.5 Å². The summed E-state index contributed by atoms with van der Waals surface area (Å²) < 4.78 is 5.10. The first kappa shape index (κ1) is 23.3. The number of anilines is 1. The van der Waals surface area contributed by atoms with Crippen LogP contribution in [-0.4, -0.2) is 41.1 Å². The highest BCUT2D eigenvalue weighted by Crippen LogP contribution is 2.15. The number of phenolic OH excluding ortho intramolecular Hbond substituents is 1. The van der Waals surface area contributed by atoms with E-state index in [4.69, 9.17) is 4.74 Å². The Morgan fingerprint density at radius 1 is 0.879 bits per heavy atom. The number of phenols is 1. The second-order valence-electron chi connectivity index (χ2n) is 7.39. The SMILES string of the molecule is COc1ccc(CC(=O)Nc2ccc(C(=O)NC(Cc3ccc(O)cc3)C(=O)O)cc2)cc1. The molecule has 0 aromatic heterocycles. The summed E-state index contributed by atoms with van der Waals surface area (Å²) in [6.07, 6.45) is 0.255. The molecule has 0 radical (unpaired) electrons. The van der Waals surface area contributed by atoms with Gasteiger partial charge in [0.05, 0.1) is 13.5 Å². The molecule has 0 bridgehead atoms. The summed E-state index contributed by atoms with van der Waals surface area (Å²) in [4.78, 5) is 36.4. The normalized spacial score (nSPS) is 11.3. The van der Waals surface area contributed by atoms with Crippen LogP contribution in [0, 0.1) is 0 Å². The van der Waals surface area contributed by atoms with Crippen molar-refractivity contribution < 1.29 is 29.3 Å². The van der Waals surface area contributed by atoms with E-state index in [1.165, 1.54) is 24.3 Å². The van der Waals surface area contributed by atoms with Gasteiger partial charge >= 0.3 is 5.97 Å². The van der Waals surface area contributed by atoms with Gasteiger partial charge in [-0.15, -0.1) is 0 Å². The number of aliphatic carboxylic acids is 1. The summed E-state index contributed by atoms with van der Waals surface area (Å²) in [5, 5.41) is 24.1. The molecule has 8 heteroatoms. The number of nitrogens with one attached hydrogen (secondary N) is 2. The number of hydrogen-bond acceptors (Lipinski definition) is 5. The molecule has 0 aliphatic carbocycles. The third kappa shape index (κ3) is 6.83. The van der Waals surface area contributed by atoms with Gasteiger partial charge in [0.1, 0.15) is 17.5 Å². The highest BCUT2D eigenvalue weighted by Gasteiger charge is 2.21. The van der Waals surface area contributed by atoms with Crippen molar-refractivity contribution in [1.29, 1.82) is 0 Å². The Bertz CT molecular complexity index is 1110. The van der Waals surface area contributed by atoms with Gasteiger partial charge in [-0.25, -0.2) is 4.79 Å². The summed E-state index contributed by atoms with van der Waals surface area (Å²) >= 11 is 0. The molecule has 0 spiro atoms. The van der Waals surface area contributed by atoms with Gasteiger partial charge in [0.25, 0.3) is 5.91 Å². The molecule has 0 saturated carbocycles. The molecule has 33 heavy (non-hydrogen) atoms. The Morgan fingerprint density at radius 2 is 1.48 bits per heavy atom. The smallest absolute Gasteiger partial charge is 0.326 e. The van der Waals surface area contributed by atoms with Crippen LogP contribution in [0.15, 0.2) is 72.8 Å². The van der Waals surface area contributed by atoms with Crippen LogP contribution in [0.5, 0.6) is 11.5 Å². The summed E-state index contributed by atoms with van der Waals surface area (Å²) in [5.74, 6) is -1.14. The Hall–Kier alpha value is -4.33. The number of carbonyl (C=O) groups is 3. The van der Waals surface area contributed by atoms with Crippen molar-refractivity contribution in [2.45, 2.75) is 18.9 Å². The third-order valence-corrected chi connectivity index (χ3v) is 4.93. The van der Waals surface area contributed by atoms with E-state index in [2.05, 4.69) is 10.6 Å². The van der Waals surface area contributed by atoms with Gasteiger partial charge in [-0.1, -0.05) is 24.3 Å². The Kier molecular flexibility index (Phi) is 7.64. The van der Waals surface area contributed by atoms with Crippen molar-refractivity contribution in [2.75, 3.05) is 12.4 Å². The first-order valence-corrected chi connectivity index (χ1v) is 10.2. The summed E-state index contributed by atoms with van der Waals surface area (Å²) in [7, 11) is 1.57. The van der Waals surface area contributed by atoms with E-state index in [1.807, 2.05) is 12.1 Å². The first-order valence-electron chi connectivity index (χ1n) is 10.2. The largest absolute Gasteiger partial charge is 0.508 e. The molecule has 0 heterocycles. The molecule has 0 aliphatic rings. The van der Waals surface area contributed by atoms with Gasteiger partial charge in [-0.2, -0.15) is 0 Å². The monoisotopic (exact) mass is 448 g/mol. The number of carbonyl (C=O) groups excluding carboxylic acids is 2. The lowest BCUT2D eigenvalue weighted by Gasteiger charge is -2.15. The van der Waals surface area contributed by atoms with Gasteiger partial charge in [0, 0.05) is 17.7 Å². The van der Waals surface area contributed by atoms with Gasteiger partial charge < -0.3 is 25.6 Å². The zero-order chi connectivity index (χ0) is 23.8. The molecule has 4 N–H and O–H groups in total. The molecule has 1 unspecified atom stereocenters. The lowest BCUT2D eigenvalue weighted by Crippen LogP contribution is -2.42. The molecule has 3 aromatic rings. The number of benzene rings is 3. The maximum atomic E-state index is 12.5. The highest BCUT2D eigenvalue weighted by atomic mass is 16.5. The van der Waals surface area contributed by atoms with Crippen LogP contribution in [0.25, 0.3) is 0 Å². The van der Waals surface area contributed by atoms with E-state index >= 15 is 0 Å². The van der Waals surface area contributed by atoms with Gasteiger partial charge in [-0.3, -0.25) is 9.59 Å². The van der Waals surface area contributed by atoms with E-state index < -0.39 is 17.9 Å². The maximum Gasteiger partial charge on any atom is 0.326 e. The van der Waals surface area contributed by atoms with Crippen LogP contribution in [0.4, 0.5) is 5.69 Å². The minimum Gasteiger partial charge on any atom is -0.508 e. The van der Waals surface area contributed by atoms with Crippen LogP contribution in [0.2, 0.25) is 0 Å². The molecule has 0 aliphatic heterocycles. The molecule has 3 aromatic carbocycles. The zero-order valence-corrected chi connectivity index (χ0v) is 17.9. The fourth-order valence-electron chi connectivity index (χ4n) is 3.15. The molecule has 170 valence electrons. The van der Waals surface area contributed by atoms with Crippen LogP contribution in [0.3, 0.4) is 0 Å². The number of carboxylic acid groups (broad SMARTS) is 1. The Balaban J connectivity index is 1.57. The van der Waals surface area contributed by atoms with Crippen LogP contribution >= 0.6 is 0 Å². The lowest BCUT2D eigenvalue weighted by atomic mass is 10.1. The summed E-state index contributed by atoms with van der Waals surface area (Å²) in [5.41, 5.74) is 2.28. The molecular weight excluding hydrogens is 424 g/mol. The number of methoxy groups -OCH3 is 1. The van der Waals surface area contributed by atoms with Gasteiger partial charge in [-0.05, 0) is 59.7 Å². The van der Waals surface area contributed by atoms with Crippen LogP contribution < -0.4 is 15.4 Å². The third-order valence-electron chi connectivity index (χ3n) is 4.93. The summed E-state index contributed by atoms with van der Waals surface area (Å²) in [6, 6.07) is 18.3. The van der Waals surface area contributed by atoms with Crippen molar-refractivity contribution in [3.05, 3.63) is 89.5 Å². The van der Waals surface area contributed by atoms with Crippen molar-refractivity contribution in [3.8, 4) is 11.5 Å². The van der Waals surface area contributed by atoms with E-state index in [0.29, 0.717) is 17.0 Å². The molecule has 3 rings (SSSR count). The van der Waals surface area contributed by atoms with Gasteiger partial charge in [0.15, 0.2) is 0 Å². The Labute approximate surface area is 190 Å². The molecule has 2 amide bonds. The van der Waals surface area contributed by atoms with Crippen molar-refractivity contribution in [3.63, 3.8) is 0 Å². The van der Waals surface area contributed by atoms with Crippen LogP contribution in [-0.2, 0) is 22.4 Å². The average molecular weight is 448 g/mol. The fraction of sp³-hybridized carbons (Fsp3) is 0.160. The predicted molar refractivity (Wildman–Crippen MR) is 122 cm³/mol. The molecule has 8 nitrogen and oxygen atoms in total. The van der Waals surface area contributed by atoms with E-state index in [9.17, 15) is 24.6 Å². The van der Waals surface area contributed by atoms with E-state index in [0.717, 1.165) is 5.56 Å². The summed E-state index contributed by atoms with van der Waals surface area (Å²) in [6.45, 7) is 0. The average Bonchev–Trinajstić information content (AvgIpc) is 2.80.